The fourth-order valence-corrected chi connectivity index (χ4v) is 4.95. The minimum absolute atomic E-state index is 0. The first-order valence-electron chi connectivity index (χ1n) is 10.9. The van der Waals surface area contributed by atoms with Crippen molar-refractivity contribution >= 4 is 41.3 Å². The third kappa shape index (κ3) is 8.30. The van der Waals surface area contributed by atoms with Crippen LogP contribution in [0.4, 0.5) is 0 Å². The molecule has 0 spiro atoms. The Morgan fingerprint density at radius 1 is 1.31 bits per heavy atom. The van der Waals surface area contributed by atoms with Gasteiger partial charge in [0.05, 0.1) is 12.2 Å². The van der Waals surface area contributed by atoms with Crippen molar-refractivity contribution in [3.8, 4) is 0 Å². The summed E-state index contributed by atoms with van der Waals surface area (Å²) < 4.78 is 11.2. The van der Waals surface area contributed by atoms with Gasteiger partial charge in [-0.25, -0.2) is 4.98 Å². The van der Waals surface area contributed by atoms with Crippen LogP contribution in [0.15, 0.2) is 4.99 Å². The molecular formula is C21H37IN4O2S. The summed E-state index contributed by atoms with van der Waals surface area (Å²) in [5, 5.41) is 4.61. The van der Waals surface area contributed by atoms with Gasteiger partial charge in [-0.1, -0.05) is 0 Å². The second kappa shape index (κ2) is 13.8. The fourth-order valence-electron chi connectivity index (χ4n) is 3.74. The highest BCUT2D eigenvalue weighted by Gasteiger charge is 2.17. The summed E-state index contributed by atoms with van der Waals surface area (Å²) in [6, 6.07) is 0. The van der Waals surface area contributed by atoms with Gasteiger partial charge in [0.25, 0.3) is 0 Å². The molecule has 1 N–H and O–H groups in total. The molecular weight excluding hydrogens is 499 g/mol. The summed E-state index contributed by atoms with van der Waals surface area (Å²) in [6.45, 7) is 8.02. The zero-order valence-electron chi connectivity index (χ0n) is 18.0. The summed E-state index contributed by atoms with van der Waals surface area (Å²) in [5.74, 6) is 1.63. The van der Waals surface area contributed by atoms with Gasteiger partial charge in [0.15, 0.2) is 5.96 Å². The molecule has 1 aliphatic carbocycles. The zero-order chi connectivity index (χ0) is 19.6. The Morgan fingerprint density at radius 2 is 2.10 bits per heavy atom. The van der Waals surface area contributed by atoms with Crippen LogP contribution in [0, 0.1) is 5.92 Å². The van der Waals surface area contributed by atoms with Crippen LogP contribution >= 0.6 is 35.3 Å². The van der Waals surface area contributed by atoms with E-state index in [9.17, 15) is 0 Å². The summed E-state index contributed by atoms with van der Waals surface area (Å²) in [5.41, 5.74) is 1.34. The smallest absolute Gasteiger partial charge is 0.194 e. The number of aryl methyl sites for hydroxylation is 2. The monoisotopic (exact) mass is 536 g/mol. The highest BCUT2D eigenvalue weighted by Crippen LogP contribution is 2.27. The number of nitrogens with zero attached hydrogens (tertiary/aromatic N) is 3. The molecule has 2 heterocycles. The molecule has 166 valence electrons. The molecule has 1 aliphatic heterocycles. The van der Waals surface area contributed by atoms with E-state index in [1.165, 1.54) is 34.8 Å². The van der Waals surface area contributed by atoms with Crippen molar-refractivity contribution in [3.63, 3.8) is 0 Å². The van der Waals surface area contributed by atoms with Crippen molar-refractivity contribution in [2.45, 2.75) is 58.4 Å². The second-order valence-corrected chi connectivity index (χ2v) is 8.93. The van der Waals surface area contributed by atoms with E-state index in [1.54, 1.807) is 0 Å². The van der Waals surface area contributed by atoms with Crippen molar-refractivity contribution in [1.82, 2.24) is 15.2 Å². The molecule has 8 heteroatoms. The van der Waals surface area contributed by atoms with Crippen LogP contribution in [0.1, 0.15) is 54.6 Å². The fraction of sp³-hybridized carbons (Fsp3) is 0.810. The number of fused-ring (bicyclic) bond motifs is 1. The van der Waals surface area contributed by atoms with Gasteiger partial charge >= 0.3 is 0 Å². The molecule has 0 radical (unpaired) electrons. The molecule has 0 amide bonds. The van der Waals surface area contributed by atoms with E-state index >= 15 is 0 Å². The maximum Gasteiger partial charge on any atom is 0.194 e. The third-order valence-electron chi connectivity index (χ3n) is 5.36. The van der Waals surface area contributed by atoms with Gasteiger partial charge in [-0.3, -0.25) is 4.99 Å². The van der Waals surface area contributed by atoms with E-state index in [4.69, 9.17) is 19.5 Å². The highest BCUT2D eigenvalue weighted by molar-refractivity contribution is 14.0. The zero-order valence-corrected chi connectivity index (χ0v) is 21.1. The Kier molecular flexibility index (Phi) is 11.8. The third-order valence-corrected chi connectivity index (χ3v) is 6.50. The summed E-state index contributed by atoms with van der Waals surface area (Å²) in [4.78, 5) is 13.3. The standard InChI is InChI=1S/C21H36N4O2S.HI/c1-3-22-21(23-11-6-12-27-16-17-9-13-26-14-10-17)25(2)15-20-24-18-7-4-5-8-19(18)28-20;/h17H,3-16H2,1-2H3,(H,22,23);1H. The topological polar surface area (TPSA) is 59.0 Å². The Bertz CT molecular complexity index is 596. The van der Waals surface area contributed by atoms with Gasteiger partial charge in [0, 0.05) is 51.4 Å². The predicted molar refractivity (Wildman–Crippen MR) is 131 cm³/mol. The van der Waals surface area contributed by atoms with Gasteiger partial charge in [0.2, 0.25) is 0 Å². The van der Waals surface area contributed by atoms with Crippen LogP contribution in [-0.4, -0.2) is 62.4 Å². The molecule has 0 atom stereocenters. The molecule has 1 fully saturated rings. The van der Waals surface area contributed by atoms with E-state index in [1.807, 2.05) is 11.3 Å². The Hall–Kier alpha value is -0.450. The lowest BCUT2D eigenvalue weighted by molar-refractivity contribution is 0.0205. The molecule has 3 rings (SSSR count). The molecule has 0 aromatic carbocycles. The number of halogens is 1. The number of hydrogen-bond acceptors (Lipinski definition) is 5. The number of thiazole rings is 1. The highest BCUT2D eigenvalue weighted by atomic mass is 127. The van der Waals surface area contributed by atoms with Crippen molar-refractivity contribution in [2.24, 2.45) is 10.9 Å². The second-order valence-electron chi connectivity index (χ2n) is 7.76. The number of guanidine groups is 1. The van der Waals surface area contributed by atoms with Crippen LogP contribution < -0.4 is 5.32 Å². The van der Waals surface area contributed by atoms with Crippen molar-refractivity contribution in [1.29, 1.82) is 0 Å². The van der Waals surface area contributed by atoms with Crippen molar-refractivity contribution in [3.05, 3.63) is 15.6 Å². The van der Waals surface area contributed by atoms with Crippen LogP contribution in [0.5, 0.6) is 0 Å². The molecule has 1 aromatic heterocycles. The number of hydrogen-bond donors (Lipinski definition) is 1. The Labute approximate surface area is 196 Å². The quantitative estimate of drug-likeness (QED) is 0.225. The largest absolute Gasteiger partial charge is 0.381 e. The Morgan fingerprint density at radius 3 is 2.86 bits per heavy atom. The lowest BCUT2D eigenvalue weighted by atomic mass is 10.0. The molecule has 2 aliphatic rings. The van der Waals surface area contributed by atoms with Crippen LogP contribution in [0.3, 0.4) is 0 Å². The van der Waals surface area contributed by atoms with Gasteiger partial charge in [0.1, 0.15) is 5.01 Å². The molecule has 0 bridgehead atoms. The molecule has 6 nitrogen and oxygen atoms in total. The van der Waals surface area contributed by atoms with Crippen LogP contribution in [0.25, 0.3) is 0 Å². The average Bonchev–Trinajstić information content (AvgIpc) is 3.12. The number of nitrogens with one attached hydrogen (secondary N) is 1. The molecule has 1 aromatic rings. The van der Waals surface area contributed by atoms with Gasteiger partial charge < -0.3 is 19.7 Å². The number of aliphatic imine (C=N–C) groups is 1. The van der Waals surface area contributed by atoms with E-state index in [-0.39, 0.29) is 24.0 Å². The van der Waals surface area contributed by atoms with Crippen molar-refractivity contribution in [2.75, 3.05) is 46.6 Å². The molecule has 29 heavy (non-hydrogen) atoms. The number of ether oxygens (including phenoxy) is 2. The average molecular weight is 537 g/mol. The van der Waals surface area contributed by atoms with E-state index in [2.05, 4.69) is 24.2 Å². The van der Waals surface area contributed by atoms with Gasteiger partial charge in [-0.2, -0.15) is 0 Å². The predicted octanol–water partition coefficient (Wildman–Crippen LogP) is 3.87. The number of rotatable bonds is 9. The first-order chi connectivity index (χ1) is 13.8. The minimum Gasteiger partial charge on any atom is -0.381 e. The summed E-state index contributed by atoms with van der Waals surface area (Å²) in [6.07, 6.45) is 8.17. The van der Waals surface area contributed by atoms with Crippen LogP contribution in [-0.2, 0) is 28.9 Å². The Balaban J connectivity index is 0.00000300. The maximum atomic E-state index is 5.85. The normalized spacial score (nSPS) is 17.5. The first-order valence-corrected chi connectivity index (χ1v) is 11.7. The first kappa shape index (κ1) is 24.8. The lowest BCUT2D eigenvalue weighted by Gasteiger charge is -2.22. The maximum absolute atomic E-state index is 5.85. The molecule has 0 saturated carbocycles. The molecule has 0 unspecified atom stereocenters. The number of aromatic nitrogens is 1. The summed E-state index contributed by atoms with van der Waals surface area (Å²) in [7, 11) is 2.10. The SMILES string of the molecule is CCNC(=NCCCOCC1CCOCC1)N(C)Cc1nc2c(s1)CCCC2.I. The molecule has 1 saturated heterocycles. The van der Waals surface area contributed by atoms with E-state index in [0.717, 1.165) is 77.7 Å². The summed E-state index contributed by atoms with van der Waals surface area (Å²) >= 11 is 1.88. The van der Waals surface area contributed by atoms with E-state index < -0.39 is 0 Å². The van der Waals surface area contributed by atoms with Crippen LogP contribution in [0.2, 0.25) is 0 Å². The van der Waals surface area contributed by atoms with E-state index in [0.29, 0.717) is 5.92 Å². The lowest BCUT2D eigenvalue weighted by Crippen LogP contribution is -2.38. The minimum atomic E-state index is 0. The van der Waals surface area contributed by atoms with Gasteiger partial charge in [-0.05, 0) is 57.8 Å². The van der Waals surface area contributed by atoms with Gasteiger partial charge in [-0.15, -0.1) is 35.3 Å². The van der Waals surface area contributed by atoms with Crippen molar-refractivity contribution < 1.29 is 9.47 Å².